The molecule has 18 heavy (non-hydrogen) atoms. The molecule has 1 aromatic rings. The van der Waals surface area contributed by atoms with Crippen molar-refractivity contribution in [3.8, 4) is 0 Å². The molecule has 1 unspecified atom stereocenters. The number of piperidine rings is 1. The van der Waals surface area contributed by atoms with Crippen molar-refractivity contribution in [2.45, 2.75) is 51.1 Å². The van der Waals surface area contributed by atoms with Gasteiger partial charge in [0.1, 0.15) is 5.82 Å². The third kappa shape index (κ3) is 2.08. The quantitative estimate of drug-likeness (QED) is 0.862. The monoisotopic (exact) mass is 248 g/mol. The Kier molecular flexibility index (Phi) is 3.39. The summed E-state index contributed by atoms with van der Waals surface area (Å²) < 4.78 is 2.40. The molecular formula is C14H24N4. The van der Waals surface area contributed by atoms with Gasteiger partial charge in [-0.3, -0.25) is 0 Å². The highest BCUT2D eigenvalue weighted by Crippen LogP contribution is 2.30. The molecule has 0 aliphatic carbocycles. The van der Waals surface area contributed by atoms with Crippen LogP contribution in [-0.4, -0.2) is 34.6 Å². The maximum absolute atomic E-state index is 5.99. The van der Waals surface area contributed by atoms with Gasteiger partial charge in [0.2, 0.25) is 0 Å². The lowest BCUT2D eigenvalue weighted by atomic mass is 9.94. The summed E-state index contributed by atoms with van der Waals surface area (Å²) in [5.41, 5.74) is 8.60. The molecule has 0 radical (unpaired) electrons. The standard InChI is InChI=1S/C14H24N4/c1-17-7-4-5-11(10-17)14-12(9-15)18-8-3-2-6-13(18)16-14/h11H,2-10,15H2,1H3. The number of likely N-dealkylation sites (tertiary alicyclic amines) is 1. The van der Waals surface area contributed by atoms with E-state index in [0.717, 1.165) is 19.5 Å². The van der Waals surface area contributed by atoms with Crippen LogP contribution in [-0.2, 0) is 19.5 Å². The first-order valence-corrected chi connectivity index (χ1v) is 7.26. The fraction of sp³-hybridized carbons (Fsp3) is 0.786. The third-order valence-corrected chi connectivity index (χ3v) is 4.42. The zero-order valence-corrected chi connectivity index (χ0v) is 11.4. The molecule has 4 heteroatoms. The zero-order chi connectivity index (χ0) is 12.5. The third-order valence-electron chi connectivity index (χ3n) is 4.42. The van der Waals surface area contributed by atoms with Gasteiger partial charge in [0.05, 0.1) is 11.4 Å². The Labute approximate surface area is 109 Å². The van der Waals surface area contributed by atoms with Crippen LogP contribution in [0.5, 0.6) is 0 Å². The van der Waals surface area contributed by atoms with E-state index in [4.69, 9.17) is 10.7 Å². The lowest BCUT2D eigenvalue weighted by Gasteiger charge is -2.29. The van der Waals surface area contributed by atoms with Gasteiger partial charge in [-0.15, -0.1) is 0 Å². The summed E-state index contributed by atoms with van der Waals surface area (Å²) >= 11 is 0. The summed E-state index contributed by atoms with van der Waals surface area (Å²) in [5, 5.41) is 0. The number of rotatable bonds is 2. The van der Waals surface area contributed by atoms with Crippen LogP contribution in [0.4, 0.5) is 0 Å². The summed E-state index contributed by atoms with van der Waals surface area (Å²) in [5.74, 6) is 1.88. The first-order valence-electron chi connectivity index (χ1n) is 7.26. The van der Waals surface area contributed by atoms with Gasteiger partial charge in [0.25, 0.3) is 0 Å². The van der Waals surface area contributed by atoms with Crippen molar-refractivity contribution in [1.82, 2.24) is 14.5 Å². The largest absolute Gasteiger partial charge is 0.331 e. The van der Waals surface area contributed by atoms with E-state index in [0.29, 0.717) is 12.5 Å². The fourth-order valence-corrected chi connectivity index (χ4v) is 3.50. The minimum atomic E-state index is 0.598. The molecule has 1 fully saturated rings. The second-order valence-electron chi connectivity index (χ2n) is 5.77. The van der Waals surface area contributed by atoms with Crippen LogP contribution in [0.1, 0.15) is 48.8 Å². The van der Waals surface area contributed by atoms with Gasteiger partial charge in [0, 0.05) is 32.0 Å². The van der Waals surface area contributed by atoms with E-state index in [2.05, 4.69) is 16.5 Å². The van der Waals surface area contributed by atoms with Crippen molar-refractivity contribution in [3.05, 3.63) is 17.2 Å². The van der Waals surface area contributed by atoms with E-state index in [1.807, 2.05) is 0 Å². The van der Waals surface area contributed by atoms with E-state index in [1.54, 1.807) is 0 Å². The molecule has 100 valence electrons. The molecule has 4 nitrogen and oxygen atoms in total. The topological polar surface area (TPSA) is 47.1 Å². The van der Waals surface area contributed by atoms with E-state index < -0.39 is 0 Å². The average molecular weight is 248 g/mol. The molecule has 1 saturated heterocycles. The van der Waals surface area contributed by atoms with Crippen LogP contribution < -0.4 is 5.73 Å². The van der Waals surface area contributed by atoms with Gasteiger partial charge in [-0.25, -0.2) is 4.98 Å². The molecule has 0 bridgehead atoms. The van der Waals surface area contributed by atoms with Gasteiger partial charge in [0.15, 0.2) is 0 Å². The van der Waals surface area contributed by atoms with Gasteiger partial charge in [-0.05, 0) is 39.3 Å². The highest BCUT2D eigenvalue weighted by atomic mass is 15.1. The van der Waals surface area contributed by atoms with Gasteiger partial charge in [-0.2, -0.15) is 0 Å². The van der Waals surface area contributed by atoms with Crippen LogP contribution >= 0.6 is 0 Å². The molecule has 1 aromatic heterocycles. The van der Waals surface area contributed by atoms with Crippen molar-refractivity contribution >= 4 is 0 Å². The Morgan fingerprint density at radius 1 is 1.28 bits per heavy atom. The summed E-state index contributed by atoms with van der Waals surface area (Å²) in [6.07, 6.45) is 6.25. The Hall–Kier alpha value is -0.870. The van der Waals surface area contributed by atoms with Crippen LogP contribution in [0.3, 0.4) is 0 Å². The smallest absolute Gasteiger partial charge is 0.109 e. The molecule has 3 rings (SSSR count). The molecule has 0 amide bonds. The average Bonchev–Trinajstić information content (AvgIpc) is 2.77. The fourth-order valence-electron chi connectivity index (χ4n) is 3.50. The number of nitrogens with zero attached hydrogens (tertiary/aromatic N) is 3. The normalized spacial score (nSPS) is 25.1. The molecule has 1 atom stereocenters. The van der Waals surface area contributed by atoms with Gasteiger partial charge >= 0.3 is 0 Å². The highest BCUT2D eigenvalue weighted by Gasteiger charge is 2.27. The molecule has 0 aromatic carbocycles. The number of fused-ring (bicyclic) bond motifs is 1. The van der Waals surface area contributed by atoms with E-state index >= 15 is 0 Å². The number of hydrogen-bond donors (Lipinski definition) is 1. The lowest BCUT2D eigenvalue weighted by molar-refractivity contribution is 0.248. The molecule has 2 aliphatic rings. The molecule has 0 saturated carbocycles. The second kappa shape index (κ2) is 5.02. The van der Waals surface area contributed by atoms with Gasteiger partial charge < -0.3 is 15.2 Å². The van der Waals surface area contributed by atoms with Crippen LogP contribution in [0.25, 0.3) is 0 Å². The second-order valence-corrected chi connectivity index (χ2v) is 5.77. The van der Waals surface area contributed by atoms with Crippen molar-refractivity contribution in [2.24, 2.45) is 5.73 Å². The lowest BCUT2D eigenvalue weighted by Crippen LogP contribution is -2.31. The Morgan fingerprint density at radius 3 is 2.94 bits per heavy atom. The molecule has 3 heterocycles. The number of hydrogen-bond acceptors (Lipinski definition) is 3. The van der Waals surface area contributed by atoms with Crippen molar-refractivity contribution < 1.29 is 0 Å². The molecule has 2 aliphatic heterocycles. The van der Waals surface area contributed by atoms with Crippen LogP contribution in [0.2, 0.25) is 0 Å². The maximum atomic E-state index is 5.99. The predicted octanol–water partition coefficient (Wildman–Crippen LogP) is 1.49. The first kappa shape index (κ1) is 12.2. The summed E-state index contributed by atoms with van der Waals surface area (Å²) in [7, 11) is 2.21. The molecule has 2 N–H and O–H groups in total. The van der Waals surface area contributed by atoms with Crippen LogP contribution in [0, 0.1) is 0 Å². The van der Waals surface area contributed by atoms with E-state index in [9.17, 15) is 0 Å². The molecular weight excluding hydrogens is 224 g/mol. The molecule has 0 spiro atoms. The Bertz CT molecular complexity index is 424. The van der Waals surface area contributed by atoms with Crippen molar-refractivity contribution in [1.29, 1.82) is 0 Å². The SMILES string of the molecule is CN1CCCC(c2nc3n(c2CN)CCCC3)C1. The van der Waals surface area contributed by atoms with Crippen molar-refractivity contribution in [2.75, 3.05) is 20.1 Å². The predicted molar refractivity (Wildman–Crippen MR) is 72.5 cm³/mol. The zero-order valence-electron chi connectivity index (χ0n) is 11.4. The summed E-state index contributed by atoms with van der Waals surface area (Å²) in [4.78, 5) is 7.36. The number of aromatic nitrogens is 2. The minimum Gasteiger partial charge on any atom is -0.331 e. The van der Waals surface area contributed by atoms with Crippen molar-refractivity contribution in [3.63, 3.8) is 0 Å². The number of imidazole rings is 1. The summed E-state index contributed by atoms with van der Waals surface area (Å²) in [6.45, 7) is 4.13. The van der Waals surface area contributed by atoms with E-state index in [1.165, 1.54) is 49.4 Å². The minimum absolute atomic E-state index is 0.598. The summed E-state index contributed by atoms with van der Waals surface area (Å²) in [6, 6.07) is 0. The van der Waals surface area contributed by atoms with Gasteiger partial charge in [-0.1, -0.05) is 0 Å². The highest BCUT2D eigenvalue weighted by molar-refractivity contribution is 5.23. The number of aryl methyl sites for hydroxylation is 1. The van der Waals surface area contributed by atoms with Crippen LogP contribution in [0.15, 0.2) is 0 Å². The van der Waals surface area contributed by atoms with E-state index in [-0.39, 0.29) is 0 Å². The first-order chi connectivity index (χ1) is 8.79. The maximum Gasteiger partial charge on any atom is 0.109 e. The Morgan fingerprint density at radius 2 is 2.17 bits per heavy atom. The number of nitrogens with two attached hydrogens (primary N) is 1. The number of likely N-dealkylation sites (N-methyl/N-ethyl adjacent to an activating group) is 1. The Balaban J connectivity index is 1.93.